The topological polar surface area (TPSA) is 17.1 Å². The summed E-state index contributed by atoms with van der Waals surface area (Å²) in [6.45, 7) is 4.14. The highest BCUT2D eigenvalue weighted by atomic mass is 16.1. The van der Waals surface area contributed by atoms with E-state index >= 15 is 0 Å². The summed E-state index contributed by atoms with van der Waals surface area (Å²) in [5, 5.41) is 0. The van der Waals surface area contributed by atoms with E-state index < -0.39 is 0 Å². The maximum Gasteiger partial charge on any atom is 0.120 e. The van der Waals surface area contributed by atoms with Gasteiger partial charge in [-0.3, -0.25) is 0 Å². The quantitative estimate of drug-likeness (QED) is 0.624. The van der Waals surface area contributed by atoms with Crippen molar-refractivity contribution in [2.75, 3.05) is 0 Å². The van der Waals surface area contributed by atoms with Gasteiger partial charge in [-0.25, -0.2) is 0 Å². The molecule has 1 unspecified atom stereocenters. The molecule has 1 aromatic rings. The monoisotopic (exact) mass is 162 g/mol. The smallest absolute Gasteiger partial charge is 0.120 e. The summed E-state index contributed by atoms with van der Waals surface area (Å²) in [6, 6.07) is 8.30. The average Bonchev–Trinajstić information content (AvgIpc) is 2.05. The van der Waals surface area contributed by atoms with E-state index in [2.05, 4.69) is 32.0 Å². The van der Waals surface area contributed by atoms with Crippen LogP contribution in [0, 0.1) is 6.92 Å². The molecule has 0 fully saturated rings. The van der Waals surface area contributed by atoms with Crippen LogP contribution >= 0.6 is 0 Å². The zero-order valence-electron chi connectivity index (χ0n) is 7.58. The van der Waals surface area contributed by atoms with Crippen LogP contribution in [0.4, 0.5) is 0 Å². The molecule has 1 atom stereocenters. The van der Waals surface area contributed by atoms with E-state index in [0.29, 0.717) is 12.3 Å². The van der Waals surface area contributed by atoms with Crippen LogP contribution in [0.1, 0.15) is 30.4 Å². The molecule has 0 aliphatic carbocycles. The lowest BCUT2D eigenvalue weighted by Crippen LogP contribution is -1.94. The van der Waals surface area contributed by atoms with Crippen molar-refractivity contribution in [2.45, 2.75) is 26.2 Å². The van der Waals surface area contributed by atoms with Crippen molar-refractivity contribution in [1.29, 1.82) is 0 Å². The van der Waals surface area contributed by atoms with Crippen molar-refractivity contribution in [3.05, 3.63) is 35.4 Å². The fourth-order valence-electron chi connectivity index (χ4n) is 1.26. The molecule has 1 heteroatoms. The Morgan fingerprint density at radius 2 is 2.25 bits per heavy atom. The van der Waals surface area contributed by atoms with Gasteiger partial charge in [-0.1, -0.05) is 36.8 Å². The molecule has 0 saturated heterocycles. The van der Waals surface area contributed by atoms with Crippen LogP contribution in [0.5, 0.6) is 0 Å². The van der Waals surface area contributed by atoms with Gasteiger partial charge in [0, 0.05) is 6.42 Å². The number of carbonyl (C=O) groups excluding carboxylic acids is 1. The van der Waals surface area contributed by atoms with E-state index in [0.717, 1.165) is 6.29 Å². The van der Waals surface area contributed by atoms with Gasteiger partial charge in [0.1, 0.15) is 6.29 Å². The SMILES string of the molecule is Cc1cccc(C(C)CC=O)c1. The summed E-state index contributed by atoms with van der Waals surface area (Å²) in [7, 11) is 0. The Labute approximate surface area is 73.4 Å². The molecule has 0 spiro atoms. The van der Waals surface area contributed by atoms with E-state index in [1.165, 1.54) is 11.1 Å². The van der Waals surface area contributed by atoms with Gasteiger partial charge in [0.2, 0.25) is 0 Å². The van der Waals surface area contributed by atoms with Crippen LogP contribution in [0.2, 0.25) is 0 Å². The molecule has 0 N–H and O–H groups in total. The van der Waals surface area contributed by atoms with Gasteiger partial charge < -0.3 is 4.79 Å². The fraction of sp³-hybridized carbons (Fsp3) is 0.364. The molecule has 1 nitrogen and oxygen atoms in total. The van der Waals surface area contributed by atoms with Gasteiger partial charge in [-0.2, -0.15) is 0 Å². The van der Waals surface area contributed by atoms with Crippen molar-refractivity contribution in [1.82, 2.24) is 0 Å². The molecule has 0 aliphatic heterocycles. The summed E-state index contributed by atoms with van der Waals surface area (Å²) in [5.41, 5.74) is 2.51. The molecule has 0 aromatic heterocycles. The number of carbonyl (C=O) groups is 1. The van der Waals surface area contributed by atoms with Crippen LogP contribution in [0.15, 0.2) is 24.3 Å². The minimum Gasteiger partial charge on any atom is -0.303 e. The number of hydrogen-bond acceptors (Lipinski definition) is 1. The fourth-order valence-corrected chi connectivity index (χ4v) is 1.26. The Morgan fingerprint density at radius 1 is 1.50 bits per heavy atom. The average molecular weight is 162 g/mol. The minimum atomic E-state index is 0.349. The first-order valence-electron chi connectivity index (χ1n) is 4.24. The number of hydrogen-bond donors (Lipinski definition) is 0. The third kappa shape index (κ3) is 2.19. The van der Waals surface area contributed by atoms with E-state index in [4.69, 9.17) is 0 Å². The van der Waals surface area contributed by atoms with Crippen LogP contribution in [-0.2, 0) is 4.79 Å². The Kier molecular flexibility index (Phi) is 3.03. The first kappa shape index (κ1) is 8.98. The summed E-state index contributed by atoms with van der Waals surface area (Å²) >= 11 is 0. The molecular formula is C11H14O. The Bertz CT molecular complexity index is 265. The van der Waals surface area contributed by atoms with E-state index in [1.807, 2.05) is 6.07 Å². The summed E-state index contributed by atoms with van der Waals surface area (Å²) in [5.74, 6) is 0.349. The molecule has 0 heterocycles. The number of aldehydes is 1. The second-order valence-electron chi connectivity index (χ2n) is 3.22. The molecule has 12 heavy (non-hydrogen) atoms. The minimum absolute atomic E-state index is 0.349. The second kappa shape index (κ2) is 4.05. The van der Waals surface area contributed by atoms with E-state index in [1.54, 1.807) is 0 Å². The van der Waals surface area contributed by atoms with Crippen molar-refractivity contribution < 1.29 is 4.79 Å². The Morgan fingerprint density at radius 3 is 2.83 bits per heavy atom. The number of rotatable bonds is 3. The van der Waals surface area contributed by atoms with E-state index in [9.17, 15) is 4.79 Å². The van der Waals surface area contributed by atoms with Crippen LogP contribution in [0.3, 0.4) is 0 Å². The molecule has 1 rings (SSSR count). The molecule has 64 valence electrons. The van der Waals surface area contributed by atoms with Gasteiger partial charge in [-0.15, -0.1) is 0 Å². The van der Waals surface area contributed by atoms with Crippen LogP contribution in [0.25, 0.3) is 0 Å². The highest BCUT2D eigenvalue weighted by molar-refractivity contribution is 5.51. The highest BCUT2D eigenvalue weighted by Gasteiger charge is 2.03. The van der Waals surface area contributed by atoms with E-state index in [-0.39, 0.29) is 0 Å². The molecule has 0 radical (unpaired) electrons. The van der Waals surface area contributed by atoms with Gasteiger partial charge in [0.25, 0.3) is 0 Å². The van der Waals surface area contributed by atoms with Crippen molar-refractivity contribution in [3.8, 4) is 0 Å². The van der Waals surface area contributed by atoms with Crippen LogP contribution in [-0.4, -0.2) is 6.29 Å². The maximum absolute atomic E-state index is 10.3. The first-order chi connectivity index (χ1) is 5.74. The molecule has 0 aliphatic rings. The van der Waals surface area contributed by atoms with Gasteiger partial charge in [0.15, 0.2) is 0 Å². The predicted molar refractivity (Wildman–Crippen MR) is 50.3 cm³/mol. The normalized spacial score (nSPS) is 12.5. The zero-order valence-corrected chi connectivity index (χ0v) is 7.58. The molecule has 0 amide bonds. The molecular weight excluding hydrogens is 148 g/mol. The Balaban J connectivity index is 2.80. The van der Waals surface area contributed by atoms with Gasteiger partial charge >= 0.3 is 0 Å². The number of aryl methyl sites for hydroxylation is 1. The summed E-state index contributed by atoms with van der Waals surface area (Å²) in [6.07, 6.45) is 1.59. The van der Waals surface area contributed by atoms with Gasteiger partial charge in [0.05, 0.1) is 0 Å². The lowest BCUT2D eigenvalue weighted by Gasteiger charge is -2.07. The van der Waals surface area contributed by atoms with Gasteiger partial charge in [-0.05, 0) is 18.4 Å². The Hall–Kier alpha value is -1.11. The summed E-state index contributed by atoms with van der Waals surface area (Å²) in [4.78, 5) is 10.3. The third-order valence-corrected chi connectivity index (χ3v) is 2.06. The lowest BCUT2D eigenvalue weighted by atomic mass is 9.97. The van der Waals surface area contributed by atoms with Crippen molar-refractivity contribution in [2.24, 2.45) is 0 Å². The van der Waals surface area contributed by atoms with Crippen LogP contribution < -0.4 is 0 Å². The van der Waals surface area contributed by atoms with Crippen molar-refractivity contribution in [3.63, 3.8) is 0 Å². The standard InChI is InChI=1S/C11H14O/c1-9-4-3-5-11(8-9)10(2)6-7-12/h3-5,7-8,10H,6H2,1-2H3. The lowest BCUT2D eigenvalue weighted by molar-refractivity contribution is -0.108. The van der Waals surface area contributed by atoms with Crippen molar-refractivity contribution >= 4 is 6.29 Å². The molecule has 1 aromatic carbocycles. The highest BCUT2D eigenvalue weighted by Crippen LogP contribution is 2.18. The number of benzene rings is 1. The zero-order chi connectivity index (χ0) is 8.97. The first-order valence-corrected chi connectivity index (χ1v) is 4.24. The largest absolute Gasteiger partial charge is 0.303 e. The maximum atomic E-state index is 10.3. The molecule has 0 bridgehead atoms. The predicted octanol–water partition coefficient (Wildman–Crippen LogP) is 2.69. The summed E-state index contributed by atoms with van der Waals surface area (Å²) < 4.78 is 0. The second-order valence-corrected chi connectivity index (χ2v) is 3.22. The molecule has 0 saturated carbocycles. The third-order valence-electron chi connectivity index (χ3n) is 2.06.